The van der Waals surface area contributed by atoms with Crippen molar-refractivity contribution >= 4 is 17.7 Å². The van der Waals surface area contributed by atoms with E-state index in [4.69, 9.17) is 5.11 Å². The van der Waals surface area contributed by atoms with Gasteiger partial charge in [-0.15, -0.1) is 0 Å². The number of nitrogens with one attached hydrogen (secondary N) is 2. The topological polar surface area (TPSA) is 78.4 Å². The summed E-state index contributed by atoms with van der Waals surface area (Å²) in [5.41, 5.74) is -0.193. The molecule has 0 aliphatic heterocycles. The normalized spacial score (nSPS) is 10.8. The molecular weight excluding hydrogens is 241 g/mol. The Labute approximate surface area is 93.2 Å². The number of amides is 2. The van der Waals surface area contributed by atoms with E-state index in [1.54, 1.807) is 0 Å². The second-order valence-electron chi connectivity index (χ2n) is 2.96. The van der Waals surface area contributed by atoms with Crippen LogP contribution in [0.3, 0.4) is 0 Å². The van der Waals surface area contributed by atoms with Crippen LogP contribution >= 0.6 is 0 Å². The molecule has 1 aromatic rings. The van der Waals surface area contributed by atoms with Crippen molar-refractivity contribution in [2.45, 2.75) is 6.30 Å². The predicted molar refractivity (Wildman–Crippen MR) is 51.6 cm³/mol. The number of rotatable bonds is 2. The molecule has 0 spiro atoms. The van der Waals surface area contributed by atoms with Gasteiger partial charge in [0, 0.05) is 5.69 Å². The molecule has 5 nitrogen and oxygen atoms in total. The van der Waals surface area contributed by atoms with Gasteiger partial charge in [0.1, 0.15) is 0 Å². The van der Waals surface area contributed by atoms with Gasteiger partial charge in [-0.25, -0.2) is 14.9 Å². The van der Waals surface area contributed by atoms with Crippen LogP contribution < -0.4 is 10.6 Å². The van der Waals surface area contributed by atoms with Gasteiger partial charge in [-0.1, -0.05) is 6.07 Å². The Balaban J connectivity index is 2.72. The quantitative estimate of drug-likeness (QED) is 0.700. The molecule has 0 radical (unpaired) electrons. The van der Waals surface area contributed by atoms with Gasteiger partial charge >= 0.3 is 18.3 Å². The standard InChI is InChI=1S/C9H7F3N2O3/c10-9(11,12)14-8(17)13-6-3-1-2-5(4-6)7(15)16/h1-4H,(H,15,16)(H2,13,14,17). The fraction of sp³-hybridized carbons (Fsp3) is 0.111. The van der Waals surface area contributed by atoms with Gasteiger partial charge < -0.3 is 10.4 Å². The molecule has 0 bridgehead atoms. The molecular formula is C9H7F3N2O3. The summed E-state index contributed by atoms with van der Waals surface area (Å²) >= 11 is 0. The van der Waals surface area contributed by atoms with Crippen molar-refractivity contribution in [3.63, 3.8) is 0 Å². The third kappa shape index (κ3) is 4.41. The van der Waals surface area contributed by atoms with Crippen molar-refractivity contribution in [2.75, 3.05) is 5.32 Å². The maximum atomic E-state index is 11.8. The van der Waals surface area contributed by atoms with Crippen LogP contribution in [0.1, 0.15) is 10.4 Å². The molecule has 92 valence electrons. The van der Waals surface area contributed by atoms with E-state index in [0.717, 1.165) is 11.4 Å². The molecule has 1 rings (SSSR count). The zero-order valence-electron chi connectivity index (χ0n) is 8.21. The van der Waals surface area contributed by atoms with Gasteiger partial charge in [0.15, 0.2) is 0 Å². The molecule has 0 saturated carbocycles. The number of carbonyl (C=O) groups is 2. The number of halogens is 3. The summed E-state index contributed by atoms with van der Waals surface area (Å²) in [6, 6.07) is 3.36. The maximum absolute atomic E-state index is 11.8. The van der Waals surface area contributed by atoms with E-state index < -0.39 is 18.3 Å². The van der Waals surface area contributed by atoms with Crippen molar-refractivity contribution in [1.82, 2.24) is 5.32 Å². The van der Waals surface area contributed by atoms with E-state index >= 15 is 0 Å². The first-order valence-corrected chi connectivity index (χ1v) is 4.27. The van der Waals surface area contributed by atoms with Gasteiger partial charge in [0.25, 0.3) is 0 Å². The highest BCUT2D eigenvalue weighted by Gasteiger charge is 2.29. The second-order valence-corrected chi connectivity index (χ2v) is 2.96. The zero-order chi connectivity index (χ0) is 13.1. The smallest absolute Gasteiger partial charge is 0.478 e. The Kier molecular flexibility index (Phi) is 3.56. The monoisotopic (exact) mass is 248 g/mol. The third-order valence-electron chi connectivity index (χ3n) is 1.62. The highest BCUT2D eigenvalue weighted by molar-refractivity contribution is 5.93. The molecule has 1 aromatic carbocycles. The number of benzene rings is 1. The van der Waals surface area contributed by atoms with E-state index in [9.17, 15) is 22.8 Å². The maximum Gasteiger partial charge on any atom is 0.485 e. The molecule has 0 aromatic heterocycles. The van der Waals surface area contributed by atoms with E-state index in [2.05, 4.69) is 0 Å². The Bertz CT molecular complexity index is 445. The fourth-order valence-corrected chi connectivity index (χ4v) is 1.02. The number of carboxylic acids is 1. The SMILES string of the molecule is O=C(Nc1cccc(C(=O)O)c1)NC(F)(F)F. The number of hydrogen-bond acceptors (Lipinski definition) is 2. The number of carboxylic acid groups (broad SMARTS) is 1. The lowest BCUT2D eigenvalue weighted by Gasteiger charge is -2.10. The van der Waals surface area contributed by atoms with Crippen molar-refractivity contribution < 1.29 is 27.9 Å². The number of alkyl halides is 3. The van der Waals surface area contributed by atoms with Crippen molar-refractivity contribution in [3.8, 4) is 0 Å². The molecule has 3 N–H and O–H groups in total. The van der Waals surface area contributed by atoms with Gasteiger partial charge in [-0.3, -0.25) is 0 Å². The number of anilines is 1. The van der Waals surface area contributed by atoms with Crippen molar-refractivity contribution in [1.29, 1.82) is 0 Å². The molecule has 0 aliphatic carbocycles. The van der Waals surface area contributed by atoms with Gasteiger partial charge in [-0.2, -0.15) is 13.2 Å². The molecule has 8 heteroatoms. The number of aromatic carboxylic acids is 1. The largest absolute Gasteiger partial charge is 0.485 e. The molecule has 0 aliphatic rings. The number of hydrogen-bond donors (Lipinski definition) is 3. The molecule has 0 heterocycles. The van der Waals surface area contributed by atoms with Crippen LogP contribution in [-0.4, -0.2) is 23.4 Å². The summed E-state index contributed by atoms with van der Waals surface area (Å²) in [7, 11) is 0. The number of carbonyl (C=O) groups excluding carboxylic acids is 1. The molecule has 0 atom stereocenters. The van der Waals surface area contributed by atoms with Crippen LogP contribution in [0.15, 0.2) is 24.3 Å². The van der Waals surface area contributed by atoms with E-state index in [-0.39, 0.29) is 11.3 Å². The molecule has 0 unspecified atom stereocenters. The Morgan fingerprint density at radius 1 is 1.24 bits per heavy atom. The highest BCUT2D eigenvalue weighted by atomic mass is 19.4. The fourth-order valence-electron chi connectivity index (χ4n) is 1.02. The summed E-state index contributed by atoms with van der Waals surface area (Å²) in [6.45, 7) is 0. The predicted octanol–water partition coefficient (Wildman–Crippen LogP) is 2.03. The highest BCUT2D eigenvalue weighted by Crippen LogP contribution is 2.13. The zero-order valence-corrected chi connectivity index (χ0v) is 8.21. The molecule has 17 heavy (non-hydrogen) atoms. The average Bonchev–Trinajstić information content (AvgIpc) is 2.14. The minimum Gasteiger partial charge on any atom is -0.478 e. The second kappa shape index (κ2) is 4.73. The van der Waals surface area contributed by atoms with Crippen LogP contribution in [0.25, 0.3) is 0 Å². The number of urea groups is 1. The minimum atomic E-state index is -4.84. The lowest BCUT2D eigenvalue weighted by Crippen LogP contribution is -2.40. The summed E-state index contributed by atoms with van der Waals surface area (Å²) in [5, 5.41) is 11.2. The first-order chi connectivity index (χ1) is 7.78. The van der Waals surface area contributed by atoms with E-state index in [1.807, 2.05) is 5.32 Å². The Morgan fingerprint density at radius 3 is 2.41 bits per heavy atom. The molecule has 0 fully saturated rings. The first kappa shape index (κ1) is 12.8. The minimum absolute atomic E-state index is 0.0494. The molecule has 0 saturated heterocycles. The van der Waals surface area contributed by atoms with Gasteiger partial charge in [-0.05, 0) is 18.2 Å². The summed E-state index contributed by atoms with van der Waals surface area (Å²) in [6.07, 6.45) is -4.84. The van der Waals surface area contributed by atoms with Crippen molar-refractivity contribution in [2.24, 2.45) is 0 Å². The van der Waals surface area contributed by atoms with Crippen LogP contribution in [0, 0.1) is 0 Å². The van der Waals surface area contributed by atoms with Gasteiger partial charge in [0.2, 0.25) is 0 Å². The van der Waals surface area contributed by atoms with Gasteiger partial charge in [0.05, 0.1) is 5.56 Å². The van der Waals surface area contributed by atoms with Crippen molar-refractivity contribution in [3.05, 3.63) is 29.8 Å². The van der Waals surface area contributed by atoms with Crippen LogP contribution in [-0.2, 0) is 0 Å². The van der Waals surface area contributed by atoms with E-state index in [0.29, 0.717) is 0 Å². The van der Waals surface area contributed by atoms with Crippen LogP contribution in [0.4, 0.5) is 23.7 Å². The lowest BCUT2D eigenvalue weighted by molar-refractivity contribution is -0.144. The van der Waals surface area contributed by atoms with Crippen LogP contribution in [0.2, 0.25) is 0 Å². The first-order valence-electron chi connectivity index (χ1n) is 4.27. The van der Waals surface area contributed by atoms with Crippen LogP contribution in [0.5, 0.6) is 0 Å². The summed E-state index contributed by atoms with van der Waals surface area (Å²) in [5.74, 6) is -1.25. The Hall–Kier alpha value is -2.25. The summed E-state index contributed by atoms with van der Waals surface area (Å²) < 4.78 is 35.3. The summed E-state index contributed by atoms with van der Waals surface area (Å²) in [4.78, 5) is 21.4. The average molecular weight is 248 g/mol. The molecule has 2 amide bonds. The van der Waals surface area contributed by atoms with E-state index in [1.165, 1.54) is 18.2 Å². The third-order valence-corrected chi connectivity index (χ3v) is 1.62. The Morgan fingerprint density at radius 2 is 1.88 bits per heavy atom. The lowest BCUT2D eigenvalue weighted by atomic mass is 10.2.